The smallest absolute Gasteiger partial charge is 0.264 e. The Labute approximate surface area is 105 Å². The molecule has 1 fully saturated rings. The molecule has 1 aromatic rings. The lowest BCUT2D eigenvalue weighted by Gasteiger charge is -2.30. The van der Waals surface area contributed by atoms with Crippen molar-refractivity contribution in [3.05, 3.63) is 15.8 Å². The molecule has 0 aromatic carbocycles. The van der Waals surface area contributed by atoms with Crippen LogP contribution in [0, 0.1) is 12.8 Å². The van der Waals surface area contributed by atoms with Gasteiger partial charge in [0.15, 0.2) is 0 Å². The van der Waals surface area contributed by atoms with Gasteiger partial charge in [-0.2, -0.15) is 0 Å². The van der Waals surface area contributed by atoms with Crippen molar-refractivity contribution in [2.45, 2.75) is 19.8 Å². The minimum absolute atomic E-state index is 0.0752. The van der Waals surface area contributed by atoms with Crippen molar-refractivity contribution in [3.8, 4) is 0 Å². The summed E-state index contributed by atoms with van der Waals surface area (Å²) in [4.78, 5) is 15.8. The third-order valence-corrected chi connectivity index (χ3v) is 4.38. The Morgan fingerprint density at radius 3 is 2.71 bits per heavy atom. The van der Waals surface area contributed by atoms with Crippen molar-refractivity contribution in [1.29, 1.82) is 0 Å². The Balaban J connectivity index is 2.01. The minimum Gasteiger partial charge on any atom is -0.398 e. The van der Waals surface area contributed by atoms with Crippen LogP contribution in [0.25, 0.3) is 0 Å². The average Bonchev–Trinajstić information content (AvgIpc) is 2.69. The van der Waals surface area contributed by atoms with Crippen molar-refractivity contribution in [2.24, 2.45) is 5.92 Å². The van der Waals surface area contributed by atoms with Gasteiger partial charge in [-0.05, 0) is 31.7 Å². The average molecular weight is 254 g/mol. The molecule has 3 N–H and O–H groups in total. The number of hydrogen-bond acceptors (Lipinski definition) is 4. The van der Waals surface area contributed by atoms with E-state index in [-0.39, 0.29) is 12.5 Å². The highest BCUT2D eigenvalue weighted by Crippen LogP contribution is 2.26. The molecule has 2 heterocycles. The zero-order chi connectivity index (χ0) is 12.4. The molecule has 0 atom stereocenters. The van der Waals surface area contributed by atoms with Crippen LogP contribution in [0.2, 0.25) is 0 Å². The van der Waals surface area contributed by atoms with Crippen LogP contribution >= 0.6 is 11.3 Å². The highest BCUT2D eigenvalue weighted by molar-refractivity contribution is 7.14. The molecule has 4 nitrogen and oxygen atoms in total. The number of carbonyl (C=O) groups is 1. The highest BCUT2D eigenvalue weighted by Gasteiger charge is 2.24. The van der Waals surface area contributed by atoms with Gasteiger partial charge in [0.1, 0.15) is 0 Å². The molecule has 94 valence electrons. The number of likely N-dealkylation sites (tertiary alicyclic amines) is 1. The molecule has 0 bridgehead atoms. The fourth-order valence-electron chi connectivity index (χ4n) is 2.08. The first-order valence-corrected chi connectivity index (χ1v) is 6.69. The standard InChI is InChI=1S/C12H18N2O2S/c1-8-10(13)6-11(17-8)12(16)14-4-2-9(7-15)3-5-14/h6,9,15H,2-5,7,13H2,1H3. The fraction of sp³-hybridized carbons (Fsp3) is 0.583. The summed E-state index contributed by atoms with van der Waals surface area (Å²) < 4.78 is 0. The van der Waals surface area contributed by atoms with E-state index in [9.17, 15) is 4.79 Å². The van der Waals surface area contributed by atoms with E-state index in [2.05, 4.69) is 0 Å². The van der Waals surface area contributed by atoms with Gasteiger partial charge < -0.3 is 15.7 Å². The van der Waals surface area contributed by atoms with Crippen molar-refractivity contribution in [1.82, 2.24) is 4.90 Å². The third kappa shape index (κ3) is 2.61. The summed E-state index contributed by atoms with van der Waals surface area (Å²) in [5.74, 6) is 0.431. The molecule has 1 aromatic heterocycles. The molecular formula is C12H18N2O2S. The summed E-state index contributed by atoms with van der Waals surface area (Å²) in [6, 6.07) is 1.76. The second-order valence-corrected chi connectivity index (χ2v) is 5.80. The SMILES string of the molecule is Cc1sc(C(=O)N2CCC(CO)CC2)cc1N. The van der Waals surface area contributed by atoms with Crippen LogP contribution in [0.3, 0.4) is 0 Å². The maximum absolute atomic E-state index is 12.2. The van der Waals surface area contributed by atoms with E-state index in [1.54, 1.807) is 6.07 Å². The maximum Gasteiger partial charge on any atom is 0.264 e. The molecule has 0 saturated carbocycles. The lowest BCUT2D eigenvalue weighted by atomic mass is 9.98. The number of rotatable bonds is 2. The number of thiophene rings is 1. The lowest BCUT2D eigenvalue weighted by molar-refractivity contribution is 0.0655. The van der Waals surface area contributed by atoms with Gasteiger partial charge in [-0.3, -0.25) is 4.79 Å². The van der Waals surface area contributed by atoms with E-state index >= 15 is 0 Å². The molecule has 1 saturated heterocycles. The molecule has 1 aliphatic heterocycles. The predicted molar refractivity (Wildman–Crippen MR) is 69.2 cm³/mol. The number of nitrogens with two attached hydrogens (primary N) is 1. The van der Waals surface area contributed by atoms with E-state index in [0.29, 0.717) is 11.6 Å². The van der Waals surface area contributed by atoms with Crippen LogP contribution in [0.1, 0.15) is 27.4 Å². The second kappa shape index (κ2) is 5.06. The minimum atomic E-state index is 0.0752. The zero-order valence-corrected chi connectivity index (χ0v) is 10.8. The van der Waals surface area contributed by atoms with Crippen LogP contribution in [0.4, 0.5) is 5.69 Å². The number of amides is 1. The predicted octanol–water partition coefficient (Wildman–Crippen LogP) is 1.48. The lowest BCUT2D eigenvalue weighted by Crippen LogP contribution is -2.38. The number of aryl methyl sites for hydroxylation is 1. The van der Waals surface area contributed by atoms with Gasteiger partial charge in [-0.15, -0.1) is 11.3 Å². The zero-order valence-electron chi connectivity index (χ0n) is 9.98. The van der Waals surface area contributed by atoms with Crippen LogP contribution in [-0.2, 0) is 0 Å². The van der Waals surface area contributed by atoms with Gasteiger partial charge >= 0.3 is 0 Å². The van der Waals surface area contributed by atoms with Crippen molar-refractivity contribution >= 4 is 22.9 Å². The molecule has 5 heteroatoms. The van der Waals surface area contributed by atoms with Crippen molar-refractivity contribution in [3.63, 3.8) is 0 Å². The number of hydrogen-bond donors (Lipinski definition) is 2. The van der Waals surface area contributed by atoms with Gasteiger partial charge in [0, 0.05) is 30.3 Å². The summed E-state index contributed by atoms with van der Waals surface area (Å²) in [5.41, 5.74) is 6.46. The van der Waals surface area contributed by atoms with Gasteiger partial charge in [-0.25, -0.2) is 0 Å². The molecule has 0 radical (unpaired) electrons. The van der Waals surface area contributed by atoms with E-state index in [1.165, 1.54) is 11.3 Å². The number of aliphatic hydroxyl groups is 1. The first-order chi connectivity index (χ1) is 8.11. The van der Waals surface area contributed by atoms with Crippen molar-refractivity contribution < 1.29 is 9.90 Å². The summed E-state index contributed by atoms with van der Waals surface area (Å²) in [5, 5.41) is 9.05. The molecule has 2 rings (SSSR count). The molecule has 0 aliphatic carbocycles. The highest BCUT2D eigenvalue weighted by atomic mass is 32.1. The Hall–Kier alpha value is -1.07. The van der Waals surface area contributed by atoms with E-state index in [1.807, 2.05) is 11.8 Å². The first kappa shape index (κ1) is 12.4. The van der Waals surface area contributed by atoms with Crippen molar-refractivity contribution in [2.75, 3.05) is 25.4 Å². The van der Waals surface area contributed by atoms with E-state index in [4.69, 9.17) is 10.8 Å². The monoisotopic (exact) mass is 254 g/mol. The van der Waals surface area contributed by atoms with Crippen LogP contribution in [0.5, 0.6) is 0 Å². The van der Waals surface area contributed by atoms with Gasteiger partial charge in [0.2, 0.25) is 0 Å². The summed E-state index contributed by atoms with van der Waals surface area (Å²) in [6.45, 7) is 3.63. The molecule has 17 heavy (non-hydrogen) atoms. The number of piperidine rings is 1. The van der Waals surface area contributed by atoms with E-state index in [0.717, 1.165) is 35.7 Å². The quantitative estimate of drug-likeness (QED) is 0.840. The van der Waals surface area contributed by atoms with Gasteiger partial charge in [0.05, 0.1) is 4.88 Å². The third-order valence-electron chi connectivity index (χ3n) is 3.33. The Morgan fingerprint density at radius 2 is 2.24 bits per heavy atom. The molecule has 1 aliphatic rings. The topological polar surface area (TPSA) is 66.6 Å². The number of anilines is 1. The van der Waals surface area contributed by atoms with Crippen LogP contribution < -0.4 is 5.73 Å². The maximum atomic E-state index is 12.2. The van der Waals surface area contributed by atoms with E-state index < -0.39 is 0 Å². The molecule has 0 unspecified atom stereocenters. The number of nitrogen functional groups attached to an aromatic ring is 1. The normalized spacial score (nSPS) is 17.4. The Kier molecular flexibility index (Phi) is 3.69. The van der Waals surface area contributed by atoms with Gasteiger partial charge in [0.25, 0.3) is 5.91 Å². The number of carbonyl (C=O) groups excluding carboxylic acids is 1. The summed E-state index contributed by atoms with van der Waals surface area (Å²) in [7, 11) is 0. The summed E-state index contributed by atoms with van der Waals surface area (Å²) >= 11 is 1.46. The molecular weight excluding hydrogens is 236 g/mol. The summed E-state index contributed by atoms with van der Waals surface area (Å²) in [6.07, 6.45) is 1.78. The fourth-order valence-corrected chi connectivity index (χ4v) is 2.98. The number of aliphatic hydroxyl groups excluding tert-OH is 1. The van der Waals surface area contributed by atoms with Crippen LogP contribution in [-0.4, -0.2) is 35.6 Å². The second-order valence-electron chi connectivity index (χ2n) is 4.54. The molecule has 0 spiro atoms. The van der Waals surface area contributed by atoms with Gasteiger partial charge in [-0.1, -0.05) is 0 Å². The Morgan fingerprint density at radius 1 is 1.59 bits per heavy atom. The Bertz CT molecular complexity index is 389. The molecule has 1 amide bonds. The number of nitrogens with zero attached hydrogens (tertiary/aromatic N) is 1. The largest absolute Gasteiger partial charge is 0.398 e. The first-order valence-electron chi connectivity index (χ1n) is 5.88. The van der Waals surface area contributed by atoms with Crippen LogP contribution in [0.15, 0.2) is 6.07 Å².